The van der Waals surface area contributed by atoms with E-state index in [1.54, 1.807) is 0 Å². The molecule has 5 atom stereocenters. The molecule has 0 bridgehead atoms. The molecular weight excluding hydrogens is 427 g/mol. The minimum absolute atomic E-state index is 0. The van der Waals surface area contributed by atoms with Gasteiger partial charge in [0.1, 0.15) is 58.6 Å². The van der Waals surface area contributed by atoms with E-state index in [-0.39, 0.29) is 47.5 Å². The van der Waals surface area contributed by atoms with Gasteiger partial charge >= 0.3 is 29.6 Å². The van der Waals surface area contributed by atoms with Crippen LogP contribution in [0.5, 0.6) is 23.0 Å². The minimum atomic E-state index is -1.81. The Bertz CT molecular complexity index is 1210. The Morgan fingerprint density at radius 2 is 1.48 bits per heavy atom. The first-order chi connectivity index (χ1) is 14.1. The Hall–Kier alpha value is -2.09. The average Bonchev–Trinajstić information content (AvgIpc) is 2.69. The first kappa shape index (κ1) is 23.6. The first-order valence-corrected chi connectivity index (χ1v) is 8.83. The number of hydrogen-bond acceptors (Lipinski definition) is 11. The fraction of sp³-hybridized carbons (Fsp3) is 0.316. The molecule has 1 aliphatic rings. The van der Waals surface area contributed by atoms with E-state index in [0.717, 1.165) is 18.2 Å². The summed E-state index contributed by atoms with van der Waals surface area (Å²) in [6.45, 7) is -0.730. The maximum absolute atomic E-state index is 12.9. The third kappa shape index (κ3) is 3.62. The van der Waals surface area contributed by atoms with Gasteiger partial charge in [0.05, 0.1) is 17.6 Å². The van der Waals surface area contributed by atoms with E-state index >= 15 is 0 Å². The predicted molar refractivity (Wildman–Crippen MR) is 100 cm³/mol. The van der Waals surface area contributed by atoms with Gasteiger partial charge in [-0.15, -0.1) is 0 Å². The zero-order valence-corrected chi connectivity index (χ0v) is 18.1. The summed E-state index contributed by atoms with van der Waals surface area (Å²) in [5.74, 6) is -2.62. The second kappa shape index (κ2) is 8.45. The van der Waals surface area contributed by atoms with E-state index in [9.17, 15) is 45.6 Å². The molecule has 31 heavy (non-hydrogen) atoms. The van der Waals surface area contributed by atoms with Crippen molar-refractivity contribution in [2.75, 3.05) is 6.61 Å². The number of fused-ring (bicyclic) bond motifs is 2. The van der Waals surface area contributed by atoms with Gasteiger partial charge in [-0.2, -0.15) is 0 Å². The molecule has 12 heteroatoms. The Labute approximate surface area is 196 Å². The average molecular weight is 446 g/mol. The normalized spacial score (nSPS) is 26.1. The Morgan fingerprint density at radius 3 is 2.13 bits per heavy atom. The number of aliphatic hydroxyl groups is 4. The van der Waals surface area contributed by atoms with Crippen LogP contribution in [0.4, 0.5) is 0 Å². The molecule has 1 fully saturated rings. The maximum Gasteiger partial charge on any atom is 1.00 e. The van der Waals surface area contributed by atoms with Crippen molar-refractivity contribution in [3.63, 3.8) is 0 Å². The largest absolute Gasteiger partial charge is 1.00 e. The van der Waals surface area contributed by atoms with E-state index in [1.807, 2.05) is 0 Å². The Kier molecular flexibility index (Phi) is 6.42. The van der Waals surface area contributed by atoms with Crippen LogP contribution in [-0.2, 0) is 4.74 Å². The standard InChI is InChI=1S/C19H18O11.Na.H/c20-4-11-15(25)17(27)18(28)19(30-11)12-8(23)3-10-13(16(12)26)14(24)5-1-6(21)7(22)2-9(5)29-10;;/h1-3,11,15,17-23,25-28H,4H2;;/q;+1;-1/t11-,15-,17+,18-,19+;;/m1../s1. The fourth-order valence-electron chi connectivity index (χ4n) is 3.64. The Balaban J connectivity index is 0.00000181. The van der Waals surface area contributed by atoms with Crippen molar-refractivity contribution < 1.29 is 81.0 Å². The molecule has 2 aromatic carbocycles. The smallest absolute Gasteiger partial charge is 1.00 e. The van der Waals surface area contributed by atoms with Crippen LogP contribution in [0.3, 0.4) is 0 Å². The van der Waals surface area contributed by atoms with Crippen LogP contribution >= 0.6 is 0 Å². The van der Waals surface area contributed by atoms with Gasteiger partial charge in [0, 0.05) is 12.1 Å². The van der Waals surface area contributed by atoms with Gasteiger partial charge in [-0.1, -0.05) is 0 Å². The van der Waals surface area contributed by atoms with Crippen molar-refractivity contribution >= 4 is 21.9 Å². The number of hydrogen-bond donors (Lipinski definition) is 8. The second-order valence-corrected chi connectivity index (χ2v) is 7.05. The van der Waals surface area contributed by atoms with Crippen molar-refractivity contribution in [1.29, 1.82) is 0 Å². The van der Waals surface area contributed by atoms with Gasteiger partial charge in [0.15, 0.2) is 11.5 Å². The number of phenols is 4. The summed E-state index contributed by atoms with van der Waals surface area (Å²) in [5, 5.41) is 79.4. The number of aliphatic hydroxyl groups excluding tert-OH is 4. The molecule has 1 saturated heterocycles. The molecule has 3 aromatic rings. The van der Waals surface area contributed by atoms with Gasteiger partial charge in [0.2, 0.25) is 5.43 Å². The van der Waals surface area contributed by atoms with Crippen LogP contribution in [-0.4, -0.2) is 71.9 Å². The zero-order valence-electron chi connectivity index (χ0n) is 17.1. The molecule has 11 nitrogen and oxygen atoms in total. The van der Waals surface area contributed by atoms with Gasteiger partial charge in [-0.25, -0.2) is 0 Å². The molecular formula is C19H19NaO11. The number of ether oxygens (including phenoxy) is 1. The SMILES string of the molecule is O=c1c2cc(O)c(O)cc2oc2cc(O)c([C@@H]3O[C@H](CO)[C@@H](O)[C@H](O)[C@H]3O)c(O)c12.[H-].[Na+]. The monoisotopic (exact) mass is 446 g/mol. The molecule has 0 aliphatic carbocycles. The molecule has 0 saturated carbocycles. The van der Waals surface area contributed by atoms with Crippen LogP contribution in [0.2, 0.25) is 0 Å². The van der Waals surface area contributed by atoms with Crippen LogP contribution in [0.1, 0.15) is 13.1 Å². The molecule has 2 heterocycles. The van der Waals surface area contributed by atoms with Gasteiger partial charge in [-0.3, -0.25) is 4.79 Å². The number of aromatic hydroxyl groups is 4. The van der Waals surface area contributed by atoms with E-state index in [0.29, 0.717) is 0 Å². The first-order valence-electron chi connectivity index (χ1n) is 8.83. The van der Waals surface area contributed by atoms with Crippen LogP contribution in [0.15, 0.2) is 27.4 Å². The Morgan fingerprint density at radius 1 is 0.871 bits per heavy atom. The van der Waals surface area contributed by atoms with Crippen molar-refractivity contribution in [3.05, 3.63) is 34.0 Å². The molecule has 0 spiro atoms. The molecule has 162 valence electrons. The van der Waals surface area contributed by atoms with Crippen molar-refractivity contribution in [3.8, 4) is 23.0 Å². The summed E-state index contributed by atoms with van der Waals surface area (Å²) in [6.07, 6.45) is -8.16. The summed E-state index contributed by atoms with van der Waals surface area (Å²) >= 11 is 0. The molecule has 0 unspecified atom stereocenters. The summed E-state index contributed by atoms with van der Waals surface area (Å²) in [5.41, 5.74) is -1.66. The molecule has 4 rings (SSSR count). The van der Waals surface area contributed by atoms with Crippen molar-refractivity contribution in [2.24, 2.45) is 0 Å². The van der Waals surface area contributed by atoms with Crippen molar-refractivity contribution in [2.45, 2.75) is 30.5 Å². The zero-order chi connectivity index (χ0) is 21.9. The number of phenolic OH excluding ortho intramolecular Hbond substituents is 4. The summed E-state index contributed by atoms with van der Waals surface area (Å²) in [7, 11) is 0. The number of benzene rings is 2. The minimum Gasteiger partial charge on any atom is -1.00 e. The fourth-order valence-corrected chi connectivity index (χ4v) is 3.64. The van der Waals surface area contributed by atoms with Crippen molar-refractivity contribution in [1.82, 2.24) is 0 Å². The van der Waals surface area contributed by atoms with E-state index in [2.05, 4.69) is 0 Å². The molecule has 1 aliphatic heterocycles. The second-order valence-electron chi connectivity index (χ2n) is 7.05. The summed E-state index contributed by atoms with van der Waals surface area (Å²) in [6, 6.07) is 2.90. The predicted octanol–water partition coefficient (Wildman–Crippen LogP) is -3.60. The van der Waals surface area contributed by atoms with Gasteiger partial charge in [-0.05, 0) is 6.07 Å². The van der Waals surface area contributed by atoms with Crippen LogP contribution in [0.25, 0.3) is 21.9 Å². The number of rotatable bonds is 2. The van der Waals surface area contributed by atoms with E-state index in [4.69, 9.17) is 9.15 Å². The third-order valence-electron chi connectivity index (χ3n) is 5.23. The third-order valence-corrected chi connectivity index (χ3v) is 5.23. The van der Waals surface area contributed by atoms with Gasteiger partial charge < -0.3 is 51.4 Å². The van der Waals surface area contributed by atoms with Crippen LogP contribution < -0.4 is 35.0 Å². The summed E-state index contributed by atoms with van der Waals surface area (Å²) < 4.78 is 10.8. The van der Waals surface area contributed by atoms with E-state index in [1.165, 1.54) is 0 Å². The maximum atomic E-state index is 12.9. The topological polar surface area (TPSA) is 201 Å². The molecule has 0 amide bonds. The van der Waals surface area contributed by atoms with E-state index < -0.39 is 76.5 Å². The molecule has 8 N–H and O–H groups in total. The quantitative estimate of drug-likeness (QED) is 0.110. The van der Waals surface area contributed by atoms with Crippen LogP contribution in [0, 0.1) is 0 Å². The molecule has 1 aromatic heterocycles. The summed E-state index contributed by atoms with van der Waals surface area (Å²) in [4.78, 5) is 12.9. The molecule has 0 radical (unpaired) electrons. The van der Waals surface area contributed by atoms with Gasteiger partial charge in [0.25, 0.3) is 0 Å².